The van der Waals surface area contributed by atoms with Crippen LogP contribution >= 0.6 is 11.6 Å². The van der Waals surface area contributed by atoms with Crippen LogP contribution in [0.4, 0.5) is 0 Å². The van der Waals surface area contributed by atoms with Gasteiger partial charge in [-0.3, -0.25) is 4.79 Å². The minimum absolute atomic E-state index is 0.101. The number of carbonyl (C=O) groups is 1. The lowest BCUT2D eigenvalue weighted by Gasteiger charge is -2.51. The van der Waals surface area contributed by atoms with Crippen molar-refractivity contribution in [2.75, 3.05) is 13.1 Å². The molecule has 1 aromatic heterocycles. The highest BCUT2D eigenvalue weighted by atomic mass is 35.5. The number of aromatic nitrogens is 1. The van der Waals surface area contributed by atoms with E-state index < -0.39 is 29.0 Å². The highest BCUT2D eigenvalue weighted by molar-refractivity contribution is 6.22. The predicted molar refractivity (Wildman–Crippen MR) is 105 cm³/mol. The summed E-state index contributed by atoms with van der Waals surface area (Å²) in [6, 6.07) is 3.58. The Bertz CT molecular complexity index is 993. The normalized spacial score (nSPS) is 46.6. The Morgan fingerprint density at radius 3 is 2.76 bits per heavy atom. The number of nitrogens with two attached hydrogens (primary N) is 3. The van der Waals surface area contributed by atoms with Crippen molar-refractivity contribution in [2.24, 2.45) is 44.9 Å². The third-order valence-electron chi connectivity index (χ3n) is 7.43. The summed E-state index contributed by atoms with van der Waals surface area (Å²) < 4.78 is 1.83. The van der Waals surface area contributed by atoms with Crippen LogP contribution < -0.4 is 27.8 Å². The Kier molecular flexibility index (Phi) is 3.09. The lowest BCUT2D eigenvalue weighted by atomic mass is 9.73. The van der Waals surface area contributed by atoms with E-state index in [9.17, 15) is 9.90 Å². The highest BCUT2D eigenvalue weighted by Crippen LogP contribution is 2.63. The molecule has 6 rings (SSSR count). The van der Waals surface area contributed by atoms with Gasteiger partial charge in [0, 0.05) is 18.7 Å². The van der Waals surface area contributed by atoms with Crippen LogP contribution in [0.25, 0.3) is 0 Å². The minimum atomic E-state index is -1.19. The van der Waals surface area contributed by atoms with E-state index in [-0.39, 0.29) is 35.6 Å². The standard InChI is InChI=1S/C17H22ClN9O2/c18-10-6(4-19)7-5-27-11(28)8-2-1-3-26(8)12-17(27,25-14(20)22-12)9(7)16(10)13(29)23-15(21)24-16/h1-3,6-7,9-10,12-13,29H,4-5,19H2,(H3,20,22,25)(H3,21,23,24)/t6-,7+,9+,10-,12+,13-,16+,17-/m0/s1. The molecule has 12 heteroatoms. The number of alkyl halides is 1. The molecule has 9 N–H and O–H groups in total. The zero-order valence-corrected chi connectivity index (χ0v) is 16.1. The number of rotatable bonds is 1. The fraction of sp³-hybridized carbons (Fsp3) is 0.588. The van der Waals surface area contributed by atoms with E-state index in [0.717, 1.165) is 0 Å². The van der Waals surface area contributed by atoms with Gasteiger partial charge in [0.25, 0.3) is 5.91 Å². The van der Waals surface area contributed by atoms with Crippen LogP contribution in [0.3, 0.4) is 0 Å². The molecule has 5 aliphatic rings. The van der Waals surface area contributed by atoms with E-state index in [1.54, 1.807) is 11.0 Å². The van der Waals surface area contributed by atoms with Crippen LogP contribution in [0, 0.1) is 17.8 Å². The summed E-state index contributed by atoms with van der Waals surface area (Å²) in [7, 11) is 0. The van der Waals surface area contributed by atoms with Crippen LogP contribution in [0.5, 0.6) is 0 Å². The number of aliphatic hydroxyl groups excluding tert-OH is 1. The maximum Gasteiger partial charge on any atom is 0.272 e. The largest absolute Gasteiger partial charge is 0.370 e. The van der Waals surface area contributed by atoms with Gasteiger partial charge in [0.1, 0.15) is 11.2 Å². The quantitative estimate of drug-likeness (QED) is 0.272. The summed E-state index contributed by atoms with van der Waals surface area (Å²) in [5.41, 5.74) is 16.6. The van der Waals surface area contributed by atoms with Gasteiger partial charge in [0.05, 0.1) is 5.38 Å². The lowest BCUT2D eigenvalue weighted by molar-refractivity contribution is -0.0269. The lowest BCUT2D eigenvalue weighted by Crippen LogP contribution is -2.74. The number of nitrogens with one attached hydrogen (secondary N) is 2. The molecular weight excluding hydrogens is 398 g/mol. The Hall–Kier alpha value is -2.50. The van der Waals surface area contributed by atoms with Crippen LogP contribution in [0.1, 0.15) is 16.7 Å². The first-order chi connectivity index (χ1) is 13.9. The average Bonchev–Trinajstić information content (AvgIpc) is 3.42. The predicted octanol–water partition coefficient (Wildman–Crippen LogP) is -2.53. The zero-order chi connectivity index (χ0) is 20.3. The van der Waals surface area contributed by atoms with E-state index in [1.807, 2.05) is 16.8 Å². The number of halogens is 1. The molecule has 4 aliphatic heterocycles. The number of fused-ring (bicyclic) bond motifs is 4. The van der Waals surface area contributed by atoms with Crippen molar-refractivity contribution < 1.29 is 9.90 Å². The average molecular weight is 420 g/mol. The second-order valence-electron chi connectivity index (χ2n) is 8.44. The van der Waals surface area contributed by atoms with Gasteiger partial charge in [0.2, 0.25) is 0 Å². The smallest absolute Gasteiger partial charge is 0.272 e. The third kappa shape index (κ3) is 1.68. The van der Waals surface area contributed by atoms with Crippen LogP contribution in [-0.4, -0.2) is 68.3 Å². The molecule has 11 nitrogen and oxygen atoms in total. The fourth-order valence-electron chi connectivity index (χ4n) is 6.54. The van der Waals surface area contributed by atoms with E-state index in [1.165, 1.54) is 0 Å². The molecule has 2 spiro atoms. The first-order valence-electron chi connectivity index (χ1n) is 9.60. The summed E-state index contributed by atoms with van der Waals surface area (Å²) in [5, 5.41) is 16.9. The maximum absolute atomic E-state index is 13.4. The Labute approximate surface area is 170 Å². The molecule has 1 amide bonds. The first-order valence-corrected chi connectivity index (χ1v) is 10.0. The molecule has 29 heavy (non-hydrogen) atoms. The summed E-state index contributed by atoms with van der Waals surface area (Å²) in [6.07, 6.45) is 0.125. The molecule has 0 aromatic carbocycles. The Morgan fingerprint density at radius 2 is 2.07 bits per heavy atom. The number of amides is 1. The highest BCUT2D eigenvalue weighted by Gasteiger charge is 2.79. The van der Waals surface area contributed by atoms with Crippen molar-refractivity contribution in [2.45, 2.75) is 29.0 Å². The third-order valence-corrected chi connectivity index (χ3v) is 8.12. The van der Waals surface area contributed by atoms with Gasteiger partial charge in [-0.25, -0.2) is 9.98 Å². The number of guanidine groups is 2. The van der Waals surface area contributed by atoms with Gasteiger partial charge >= 0.3 is 0 Å². The summed E-state index contributed by atoms with van der Waals surface area (Å²) >= 11 is 6.94. The number of aliphatic hydroxyl groups is 1. The monoisotopic (exact) mass is 419 g/mol. The van der Waals surface area contributed by atoms with Crippen LogP contribution in [0.15, 0.2) is 28.3 Å². The molecule has 1 aromatic rings. The molecule has 2 fully saturated rings. The van der Waals surface area contributed by atoms with Crippen molar-refractivity contribution in [1.29, 1.82) is 0 Å². The molecule has 1 saturated heterocycles. The van der Waals surface area contributed by atoms with Crippen molar-refractivity contribution in [3.05, 3.63) is 24.0 Å². The molecule has 1 aliphatic carbocycles. The second-order valence-corrected chi connectivity index (χ2v) is 8.91. The van der Waals surface area contributed by atoms with E-state index in [4.69, 9.17) is 28.8 Å². The molecule has 8 atom stereocenters. The van der Waals surface area contributed by atoms with Gasteiger partial charge in [-0.05, 0) is 30.5 Å². The molecule has 5 heterocycles. The van der Waals surface area contributed by atoms with Crippen molar-refractivity contribution in [1.82, 2.24) is 20.1 Å². The zero-order valence-electron chi connectivity index (χ0n) is 15.4. The molecule has 0 radical (unpaired) electrons. The second kappa shape index (κ2) is 5.15. The van der Waals surface area contributed by atoms with E-state index in [0.29, 0.717) is 18.8 Å². The Balaban J connectivity index is 1.60. The van der Waals surface area contributed by atoms with Crippen LogP contribution in [0.2, 0.25) is 0 Å². The van der Waals surface area contributed by atoms with Gasteiger partial charge < -0.3 is 42.4 Å². The molecule has 154 valence electrons. The summed E-state index contributed by atoms with van der Waals surface area (Å²) in [6.45, 7) is 0.721. The number of hydrogen-bond acceptors (Lipinski definition) is 9. The molecule has 0 unspecified atom stereocenters. The number of nitrogens with zero attached hydrogens (tertiary/aromatic N) is 4. The number of aliphatic imine (C=N–C) groups is 2. The summed E-state index contributed by atoms with van der Waals surface area (Å²) in [4.78, 5) is 24.0. The number of carbonyl (C=O) groups excluding carboxylic acids is 1. The maximum atomic E-state index is 13.4. The SMILES string of the molecule is NC[C@H]1[C@H]2CN3C(=O)c4cccn4[C@H]4N=C(N)N[C@]43[C@H]2[C@@]2(NC(N)=N[C@H]2O)[C@H]1Cl. The first kappa shape index (κ1) is 17.4. The van der Waals surface area contributed by atoms with Crippen LogP contribution in [-0.2, 0) is 0 Å². The fourth-order valence-corrected chi connectivity index (χ4v) is 7.13. The summed E-state index contributed by atoms with van der Waals surface area (Å²) in [5.74, 6) is -0.441. The van der Waals surface area contributed by atoms with Crippen molar-refractivity contribution in [3.63, 3.8) is 0 Å². The van der Waals surface area contributed by atoms with Crippen molar-refractivity contribution >= 4 is 29.4 Å². The molecule has 0 bridgehead atoms. The van der Waals surface area contributed by atoms with Gasteiger partial charge in [-0.1, -0.05) is 0 Å². The molecule has 1 saturated carbocycles. The molecular formula is C17H22ClN9O2. The topological polar surface area (TPSA) is 172 Å². The van der Waals surface area contributed by atoms with E-state index in [2.05, 4.69) is 20.6 Å². The van der Waals surface area contributed by atoms with E-state index >= 15 is 0 Å². The number of hydrogen-bond donors (Lipinski definition) is 6. The van der Waals surface area contributed by atoms with Gasteiger partial charge in [-0.2, -0.15) is 0 Å². The van der Waals surface area contributed by atoms with Gasteiger partial charge in [-0.15, -0.1) is 11.6 Å². The van der Waals surface area contributed by atoms with Gasteiger partial charge in [0.15, 0.2) is 30.0 Å². The minimum Gasteiger partial charge on any atom is -0.370 e. The Morgan fingerprint density at radius 1 is 1.31 bits per heavy atom. The van der Waals surface area contributed by atoms with Crippen molar-refractivity contribution in [3.8, 4) is 0 Å².